The molecule has 0 fully saturated rings. The normalized spacial score (nSPS) is 10.9. The first-order valence-corrected chi connectivity index (χ1v) is 6.17. The van der Waals surface area contributed by atoms with Gasteiger partial charge in [0.1, 0.15) is 17.9 Å². The lowest BCUT2D eigenvalue weighted by molar-refractivity contribution is -0.116. The predicted molar refractivity (Wildman–Crippen MR) is 61.9 cm³/mol. The van der Waals surface area contributed by atoms with Crippen LogP contribution < -0.4 is 0 Å². The van der Waals surface area contributed by atoms with Gasteiger partial charge in [-0.2, -0.15) is 16.9 Å². The zero-order valence-corrected chi connectivity index (χ0v) is 10.3. The summed E-state index contributed by atoms with van der Waals surface area (Å²) < 4.78 is 1.64. The van der Waals surface area contributed by atoms with Crippen LogP contribution in [0.5, 0.6) is 0 Å². The van der Waals surface area contributed by atoms with E-state index in [1.54, 1.807) is 23.5 Å². The van der Waals surface area contributed by atoms with Gasteiger partial charge in [0, 0.05) is 7.05 Å². The molecule has 5 heteroatoms. The van der Waals surface area contributed by atoms with Crippen molar-refractivity contribution in [3.63, 3.8) is 0 Å². The highest BCUT2D eigenvalue weighted by molar-refractivity contribution is 7.99. The highest BCUT2D eigenvalue weighted by Gasteiger charge is 2.08. The molecule has 0 unspecified atom stereocenters. The number of carbonyl (C=O) groups excluding carboxylic acids is 1. The average molecular weight is 227 g/mol. The number of Topliss-reactive ketones (excluding diaryl/α,β-unsaturated/α-hetero) is 1. The van der Waals surface area contributed by atoms with E-state index in [0.29, 0.717) is 18.1 Å². The largest absolute Gasteiger partial charge is 0.298 e. The Morgan fingerprint density at radius 3 is 2.87 bits per heavy atom. The van der Waals surface area contributed by atoms with Crippen LogP contribution in [0.2, 0.25) is 0 Å². The first-order chi connectivity index (χ1) is 7.09. The van der Waals surface area contributed by atoms with Crippen LogP contribution in [0, 0.1) is 5.92 Å². The van der Waals surface area contributed by atoms with E-state index in [2.05, 4.69) is 23.9 Å². The van der Waals surface area contributed by atoms with Crippen LogP contribution in [0.15, 0.2) is 6.33 Å². The zero-order valence-electron chi connectivity index (χ0n) is 9.43. The van der Waals surface area contributed by atoms with E-state index in [1.165, 1.54) is 6.33 Å². The van der Waals surface area contributed by atoms with Gasteiger partial charge in [-0.1, -0.05) is 13.8 Å². The molecule has 15 heavy (non-hydrogen) atoms. The van der Waals surface area contributed by atoms with E-state index in [1.807, 2.05) is 0 Å². The Balaban J connectivity index is 2.28. The maximum absolute atomic E-state index is 11.5. The van der Waals surface area contributed by atoms with Crippen molar-refractivity contribution in [1.82, 2.24) is 14.8 Å². The second-order valence-electron chi connectivity index (χ2n) is 3.92. The minimum Gasteiger partial charge on any atom is -0.298 e. The standard InChI is InChI=1S/C10H17N3OS/c1-8(2)5-15-6-9(14)4-10-11-7-12-13(10)3/h7-8H,4-6H2,1-3H3. The number of hydrogen-bond donors (Lipinski definition) is 0. The third kappa shape index (κ3) is 4.46. The van der Waals surface area contributed by atoms with Crippen LogP contribution in [-0.4, -0.2) is 32.1 Å². The molecule has 0 atom stereocenters. The van der Waals surface area contributed by atoms with Crippen molar-refractivity contribution in [3.05, 3.63) is 12.2 Å². The number of rotatable bonds is 6. The van der Waals surface area contributed by atoms with Crippen LogP contribution in [0.3, 0.4) is 0 Å². The van der Waals surface area contributed by atoms with Gasteiger partial charge in [0.15, 0.2) is 0 Å². The van der Waals surface area contributed by atoms with Crippen molar-refractivity contribution in [2.45, 2.75) is 20.3 Å². The van der Waals surface area contributed by atoms with Gasteiger partial charge in [-0.15, -0.1) is 0 Å². The monoisotopic (exact) mass is 227 g/mol. The first kappa shape index (κ1) is 12.2. The Hall–Kier alpha value is -0.840. The average Bonchev–Trinajstić information content (AvgIpc) is 2.51. The SMILES string of the molecule is CC(C)CSCC(=O)Cc1ncnn1C. The van der Waals surface area contributed by atoms with Crippen LogP contribution in [0.25, 0.3) is 0 Å². The maximum atomic E-state index is 11.5. The van der Waals surface area contributed by atoms with Gasteiger partial charge in [0.05, 0.1) is 12.2 Å². The summed E-state index contributed by atoms with van der Waals surface area (Å²) in [4.78, 5) is 15.6. The highest BCUT2D eigenvalue weighted by atomic mass is 32.2. The van der Waals surface area contributed by atoms with Crippen molar-refractivity contribution in [1.29, 1.82) is 0 Å². The van der Waals surface area contributed by atoms with Crippen LogP contribution in [-0.2, 0) is 18.3 Å². The third-order valence-corrected chi connectivity index (χ3v) is 3.30. The van der Waals surface area contributed by atoms with Gasteiger partial charge in [-0.3, -0.25) is 9.48 Å². The van der Waals surface area contributed by atoms with Gasteiger partial charge in [0.25, 0.3) is 0 Å². The molecule has 0 spiro atoms. The van der Waals surface area contributed by atoms with Crippen molar-refractivity contribution in [3.8, 4) is 0 Å². The lowest BCUT2D eigenvalue weighted by Crippen LogP contribution is -2.11. The molecule has 0 aliphatic rings. The first-order valence-electron chi connectivity index (χ1n) is 5.02. The molecule has 0 saturated heterocycles. The van der Waals surface area contributed by atoms with E-state index in [0.717, 1.165) is 11.6 Å². The summed E-state index contributed by atoms with van der Waals surface area (Å²) >= 11 is 1.69. The number of thioether (sulfide) groups is 1. The molecule has 0 amide bonds. The van der Waals surface area contributed by atoms with E-state index in [4.69, 9.17) is 0 Å². The van der Waals surface area contributed by atoms with Gasteiger partial charge in [-0.05, 0) is 11.7 Å². The van der Waals surface area contributed by atoms with Crippen LogP contribution >= 0.6 is 11.8 Å². The molecule has 0 aliphatic heterocycles. The van der Waals surface area contributed by atoms with E-state index >= 15 is 0 Å². The van der Waals surface area contributed by atoms with Gasteiger partial charge < -0.3 is 0 Å². The fourth-order valence-corrected chi connectivity index (χ4v) is 2.04. The third-order valence-electron chi connectivity index (χ3n) is 1.87. The summed E-state index contributed by atoms with van der Waals surface area (Å²) in [5.41, 5.74) is 0. The summed E-state index contributed by atoms with van der Waals surface area (Å²) in [7, 11) is 1.80. The summed E-state index contributed by atoms with van der Waals surface area (Å²) in [6.07, 6.45) is 1.87. The molecule has 1 aromatic rings. The van der Waals surface area contributed by atoms with E-state index in [-0.39, 0.29) is 5.78 Å². The number of aromatic nitrogens is 3. The summed E-state index contributed by atoms with van der Waals surface area (Å²) in [5.74, 6) is 3.20. The molecule has 0 radical (unpaired) electrons. The summed E-state index contributed by atoms with van der Waals surface area (Å²) in [5, 5.41) is 3.92. The Morgan fingerprint density at radius 2 is 2.33 bits per heavy atom. The van der Waals surface area contributed by atoms with Gasteiger partial charge in [0.2, 0.25) is 0 Å². The fraction of sp³-hybridized carbons (Fsp3) is 0.700. The summed E-state index contributed by atoms with van der Waals surface area (Å²) in [6, 6.07) is 0. The zero-order chi connectivity index (χ0) is 11.3. The minimum absolute atomic E-state index is 0.219. The molecule has 84 valence electrons. The Kier molecular flexibility index (Phi) is 4.81. The Labute approximate surface area is 94.5 Å². The molecule has 0 N–H and O–H groups in total. The van der Waals surface area contributed by atoms with Crippen molar-refractivity contribution in [2.24, 2.45) is 13.0 Å². The number of aryl methyl sites for hydroxylation is 1. The van der Waals surface area contributed by atoms with Crippen molar-refractivity contribution >= 4 is 17.5 Å². The van der Waals surface area contributed by atoms with Gasteiger partial charge in [-0.25, -0.2) is 4.98 Å². The molecule has 0 aromatic carbocycles. The van der Waals surface area contributed by atoms with Crippen LogP contribution in [0.4, 0.5) is 0 Å². The minimum atomic E-state index is 0.219. The predicted octanol–water partition coefficient (Wildman–Crippen LogP) is 1.32. The molecule has 1 heterocycles. The second-order valence-corrected chi connectivity index (χ2v) is 4.95. The highest BCUT2D eigenvalue weighted by Crippen LogP contribution is 2.08. The molecule has 0 bridgehead atoms. The van der Waals surface area contributed by atoms with Crippen molar-refractivity contribution in [2.75, 3.05) is 11.5 Å². The Morgan fingerprint density at radius 1 is 1.60 bits per heavy atom. The molecule has 0 saturated carbocycles. The molecule has 1 rings (SSSR count). The molecular weight excluding hydrogens is 210 g/mol. The second kappa shape index (κ2) is 5.90. The number of nitrogens with zero attached hydrogens (tertiary/aromatic N) is 3. The van der Waals surface area contributed by atoms with Crippen molar-refractivity contribution < 1.29 is 4.79 Å². The molecule has 0 aliphatic carbocycles. The molecule has 1 aromatic heterocycles. The summed E-state index contributed by atoms with van der Waals surface area (Å²) in [6.45, 7) is 4.31. The number of hydrogen-bond acceptors (Lipinski definition) is 4. The van der Waals surface area contributed by atoms with E-state index in [9.17, 15) is 4.79 Å². The van der Waals surface area contributed by atoms with Gasteiger partial charge >= 0.3 is 0 Å². The van der Waals surface area contributed by atoms with E-state index < -0.39 is 0 Å². The van der Waals surface area contributed by atoms with Crippen LogP contribution in [0.1, 0.15) is 19.7 Å². The fourth-order valence-electron chi connectivity index (χ4n) is 1.12. The smallest absolute Gasteiger partial charge is 0.150 e. The number of carbonyl (C=O) groups is 1. The number of ketones is 1. The lowest BCUT2D eigenvalue weighted by Gasteiger charge is -2.03. The quantitative estimate of drug-likeness (QED) is 0.735. The maximum Gasteiger partial charge on any atom is 0.150 e. The molecular formula is C10H17N3OS. The topological polar surface area (TPSA) is 47.8 Å². The Bertz CT molecular complexity index is 322. The molecule has 4 nitrogen and oxygen atoms in total. The lowest BCUT2D eigenvalue weighted by atomic mass is 10.3.